The molecule has 4 rings (SSSR count). The SMILES string of the molecule is Cc1noc(C=Cc2ccc(S(=O)(=O)NCC3CCCO3)s2)c1NC(=O)C1CC1. The van der Waals surface area contributed by atoms with Crippen LogP contribution >= 0.6 is 11.3 Å². The molecule has 1 aliphatic heterocycles. The molecule has 2 fully saturated rings. The number of sulfonamides is 1. The van der Waals surface area contributed by atoms with Crippen molar-refractivity contribution >= 4 is 45.1 Å². The molecule has 0 radical (unpaired) electrons. The van der Waals surface area contributed by atoms with E-state index in [-0.39, 0.29) is 28.7 Å². The zero-order valence-electron chi connectivity index (χ0n) is 16.0. The minimum atomic E-state index is -3.57. The number of thiophene rings is 1. The van der Waals surface area contributed by atoms with Crippen molar-refractivity contribution in [1.82, 2.24) is 9.88 Å². The second kappa shape index (κ2) is 8.39. The normalized spacial score (nSPS) is 19.8. The topological polar surface area (TPSA) is 111 Å². The van der Waals surface area contributed by atoms with E-state index in [2.05, 4.69) is 15.2 Å². The fourth-order valence-electron chi connectivity index (χ4n) is 3.03. The number of carbonyl (C=O) groups is 1. The Morgan fingerprint density at radius 1 is 1.31 bits per heavy atom. The fraction of sp³-hybridized carbons (Fsp3) is 0.474. The number of hydrogen-bond donors (Lipinski definition) is 2. The molecule has 3 heterocycles. The van der Waals surface area contributed by atoms with Crippen LogP contribution in [0.2, 0.25) is 0 Å². The van der Waals surface area contributed by atoms with Gasteiger partial charge in [-0.15, -0.1) is 11.3 Å². The van der Waals surface area contributed by atoms with Gasteiger partial charge < -0.3 is 14.6 Å². The van der Waals surface area contributed by atoms with Crippen LogP contribution in [0.5, 0.6) is 0 Å². The maximum atomic E-state index is 12.5. The van der Waals surface area contributed by atoms with Gasteiger partial charge in [0.1, 0.15) is 15.6 Å². The summed E-state index contributed by atoms with van der Waals surface area (Å²) in [6, 6.07) is 3.30. The molecule has 1 unspecified atom stereocenters. The van der Waals surface area contributed by atoms with Gasteiger partial charge in [0.2, 0.25) is 15.9 Å². The summed E-state index contributed by atoms with van der Waals surface area (Å²) in [6.07, 6.45) is 7.04. The van der Waals surface area contributed by atoms with Crippen molar-refractivity contribution < 1.29 is 22.5 Å². The molecule has 1 amide bonds. The van der Waals surface area contributed by atoms with Gasteiger partial charge in [-0.05, 0) is 56.9 Å². The van der Waals surface area contributed by atoms with Crippen molar-refractivity contribution in [3.63, 3.8) is 0 Å². The van der Waals surface area contributed by atoms with Crippen LogP contribution in [0.25, 0.3) is 12.2 Å². The monoisotopic (exact) mass is 437 g/mol. The summed E-state index contributed by atoms with van der Waals surface area (Å²) >= 11 is 1.16. The molecule has 1 atom stereocenters. The molecule has 0 spiro atoms. The highest BCUT2D eigenvalue weighted by molar-refractivity contribution is 7.91. The van der Waals surface area contributed by atoms with Crippen LogP contribution < -0.4 is 10.0 Å². The van der Waals surface area contributed by atoms with Crippen LogP contribution in [-0.2, 0) is 19.6 Å². The molecule has 29 heavy (non-hydrogen) atoms. The number of aromatic nitrogens is 1. The van der Waals surface area contributed by atoms with Crippen molar-refractivity contribution in [3.8, 4) is 0 Å². The largest absolute Gasteiger partial charge is 0.377 e. The number of aryl methyl sites for hydroxylation is 1. The Morgan fingerprint density at radius 3 is 2.86 bits per heavy atom. The molecule has 1 aliphatic carbocycles. The lowest BCUT2D eigenvalue weighted by molar-refractivity contribution is -0.117. The molecule has 1 saturated carbocycles. The van der Waals surface area contributed by atoms with E-state index in [1.165, 1.54) is 0 Å². The number of hydrogen-bond acceptors (Lipinski definition) is 7. The molecule has 10 heteroatoms. The number of rotatable bonds is 8. The Hall–Kier alpha value is -2.01. The van der Waals surface area contributed by atoms with E-state index in [9.17, 15) is 13.2 Å². The quantitative estimate of drug-likeness (QED) is 0.657. The summed E-state index contributed by atoms with van der Waals surface area (Å²) in [6.45, 7) is 2.73. The molecule has 2 aliphatic rings. The summed E-state index contributed by atoms with van der Waals surface area (Å²) < 4.78 is 38.5. The summed E-state index contributed by atoms with van der Waals surface area (Å²) in [5.41, 5.74) is 1.16. The highest BCUT2D eigenvalue weighted by Gasteiger charge is 2.31. The Kier molecular flexibility index (Phi) is 5.86. The van der Waals surface area contributed by atoms with Crippen molar-refractivity contribution in [2.24, 2.45) is 5.92 Å². The first-order chi connectivity index (χ1) is 13.9. The van der Waals surface area contributed by atoms with Crippen molar-refractivity contribution in [1.29, 1.82) is 0 Å². The summed E-state index contributed by atoms with van der Waals surface area (Å²) in [4.78, 5) is 12.8. The van der Waals surface area contributed by atoms with E-state index in [1.807, 2.05) is 0 Å². The van der Waals surface area contributed by atoms with E-state index >= 15 is 0 Å². The van der Waals surface area contributed by atoms with E-state index in [0.717, 1.165) is 41.9 Å². The lowest BCUT2D eigenvalue weighted by Gasteiger charge is -2.10. The smallest absolute Gasteiger partial charge is 0.250 e. The Morgan fingerprint density at radius 2 is 2.14 bits per heavy atom. The molecule has 2 aromatic heterocycles. The van der Waals surface area contributed by atoms with Gasteiger partial charge in [0.05, 0.1) is 6.10 Å². The molecular weight excluding hydrogens is 414 g/mol. The summed E-state index contributed by atoms with van der Waals surface area (Å²) in [7, 11) is -3.57. The molecule has 8 nitrogen and oxygen atoms in total. The Balaban J connectivity index is 1.42. The van der Waals surface area contributed by atoms with Crippen molar-refractivity contribution in [3.05, 3.63) is 28.5 Å². The van der Waals surface area contributed by atoms with Crippen LogP contribution in [0.15, 0.2) is 20.9 Å². The average molecular weight is 438 g/mol. The number of ether oxygens (including phenoxy) is 1. The maximum Gasteiger partial charge on any atom is 0.250 e. The van der Waals surface area contributed by atoms with Gasteiger partial charge in [0.25, 0.3) is 0 Å². The Bertz CT molecular complexity index is 1010. The molecule has 156 valence electrons. The van der Waals surface area contributed by atoms with Gasteiger partial charge >= 0.3 is 0 Å². The van der Waals surface area contributed by atoms with Gasteiger partial charge in [-0.2, -0.15) is 0 Å². The highest BCUT2D eigenvalue weighted by Crippen LogP contribution is 2.32. The molecule has 2 N–H and O–H groups in total. The van der Waals surface area contributed by atoms with Crippen molar-refractivity contribution in [2.45, 2.75) is 42.9 Å². The third kappa shape index (κ3) is 4.95. The predicted molar refractivity (Wildman–Crippen MR) is 110 cm³/mol. The van der Waals surface area contributed by atoms with Gasteiger partial charge in [-0.3, -0.25) is 4.79 Å². The van der Waals surface area contributed by atoms with Gasteiger partial charge in [-0.1, -0.05) is 5.16 Å². The maximum absolute atomic E-state index is 12.5. The lowest BCUT2D eigenvalue weighted by atomic mass is 10.2. The fourth-order valence-corrected chi connectivity index (χ4v) is 5.37. The third-order valence-electron chi connectivity index (χ3n) is 4.88. The number of anilines is 1. The zero-order chi connectivity index (χ0) is 20.4. The Labute approximate surface area is 173 Å². The minimum Gasteiger partial charge on any atom is -0.377 e. The van der Waals surface area contributed by atoms with Crippen LogP contribution in [0, 0.1) is 12.8 Å². The number of nitrogens with zero attached hydrogens (tertiary/aromatic N) is 1. The zero-order valence-corrected chi connectivity index (χ0v) is 17.6. The van der Waals surface area contributed by atoms with Crippen LogP contribution in [0.4, 0.5) is 5.69 Å². The predicted octanol–water partition coefficient (Wildman–Crippen LogP) is 3.02. The van der Waals surface area contributed by atoms with E-state index in [4.69, 9.17) is 9.26 Å². The first kappa shape index (κ1) is 20.3. The number of nitrogens with one attached hydrogen (secondary N) is 2. The molecule has 1 saturated heterocycles. The van der Waals surface area contributed by atoms with Gasteiger partial charge in [-0.25, -0.2) is 13.1 Å². The second-order valence-electron chi connectivity index (χ2n) is 7.25. The second-order valence-corrected chi connectivity index (χ2v) is 10.4. The van der Waals surface area contributed by atoms with Gasteiger partial charge in [0.15, 0.2) is 5.76 Å². The number of amides is 1. The standard InChI is InChI=1S/C19H23N3O5S2/c1-12-18(21-19(23)13-4-5-13)16(27-22-12)8-6-15-7-9-17(28-15)29(24,25)20-11-14-3-2-10-26-14/h6-9,13-14,20H,2-5,10-11H2,1H3,(H,21,23). The van der Waals surface area contributed by atoms with Crippen molar-refractivity contribution in [2.75, 3.05) is 18.5 Å². The van der Waals surface area contributed by atoms with Crippen LogP contribution in [-0.4, -0.2) is 38.7 Å². The summed E-state index contributed by atoms with van der Waals surface area (Å²) in [5.74, 6) is 0.493. The lowest BCUT2D eigenvalue weighted by Crippen LogP contribution is -2.31. The van der Waals surface area contributed by atoms with E-state index in [1.54, 1.807) is 31.2 Å². The summed E-state index contributed by atoms with van der Waals surface area (Å²) in [5, 5.41) is 6.78. The molecule has 0 bridgehead atoms. The van der Waals surface area contributed by atoms with Crippen LogP contribution in [0.3, 0.4) is 0 Å². The van der Waals surface area contributed by atoms with E-state index in [0.29, 0.717) is 23.7 Å². The molecular formula is C19H23N3O5S2. The third-order valence-corrected chi connectivity index (χ3v) is 7.84. The highest BCUT2D eigenvalue weighted by atomic mass is 32.2. The first-order valence-corrected chi connectivity index (χ1v) is 11.9. The number of carbonyl (C=O) groups excluding carboxylic acids is 1. The van der Waals surface area contributed by atoms with Crippen LogP contribution in [0.1, 0.15) is 42.0 Å². The molecule has 2 aromatic rings. The van der Waals surface area contributed by atoms with Gasteiger partial charge in [0, 0.05) is 23.9 Å². The molecule has 0 aromatic carbocycles. The van der Waals surface area contributed by atoms with E-state index < -0.39 is 10.0 Å². The first-order valence-electron chi connectivity index (χ1n) is 9.59. The minimum absolute atomic E-state index is 0.0206. The average Bonchev–Trinajstić information content (AvgIpc) is 3.07.